The molecule has 2 amide bonds. The van der Waals surface area contributed by atoms with E-state index >= 15 is 0 Å². The molecule has 0 aliphatic rings. The second-order valence-electron chi connectivity index (χ2n) is 5.46. The van der Waals surface area contributed by atoms with E-state index in [9.17, 15) is 18.0 Å². The maximum absolute atomic E-state index is 12.5. The van der Waals surface area contributed by atoms with E-state index in [4.69, 9.17) is 0 Å². The molecule has 2 heterocycles. The van der Waals surface area contributed by atoms with E-state index in [-0.39, 0.29) is 10.6 Å². The lowest BCUT2D eigenvalue weighted by Gasteiger charge is -2.08. The van der Waals surface area contributed by atoms with Gasteiger partial charge >= 0.3 is 0 Å². The molecule has 10 heteroatoms. The Hall–Kier alpha value is -3.11. The predicted octanol–water partition coefficient (Wildman–Crippen LogP) is 2.45. The number of nitrogens with zero attached hydrogens (tertiary/aromatic N) is 2. The average molecular weight is 402 g/mol. The molecule has 2 N–H and O–H groups in total. The monoisotopic (exact) mass is 402 g/mol. The third kappa shape index (κ3) is 4.54. The second-order valence-corrected chi connectivity index (χ2v) is 8.39. The van der Waals surface area contributed by atoms with Gasteiger partial charge in [0.25, 0.3) is 11.8 Å². The normalized spacial score (nSPS) is 11.0. The molecule has 0 saturated carbocycles. The van der Waals surface area contributed by atoms with Crippen LogP contribution in [0, 0.1) is 0 Å². The molecular formula is C17H14N4O4S2. The first-order valence-corrected chi connectivity index (χ1v) is 10.4. The predicted molar refractivity (Wildman–Crippen MR) is 102 cm³/mol. The number of benzene rings is 1. The van der Waals surface area contributed by atoms with Gasteiger partial charge in [-0.25, -0.2) is 13.4 Å². The van der Waals surface area contributed by atoms with Crippen molar-refractivity contribution in [3.05, 3.63) is 64.9 Å². The highest BCUT2D eigenvalue weighted by Crippen LogP contribution is 2.24. The zero-order valence-electron chi connectivity index (χ0n) is 14.0. The van der Waals surface area contributed by atoms with Gasteiger partial charge in [0.2, 0.25) is 0 Å². The molecular weight excluding hydrogens is 388 g/mol. The van der Waals surface area contributed by atoms with Gasteiger partial charge in [0, 0.05) is 24.3 Å². The van der Waals surface area contributed by atoms with Crippen LogP contribution < -0.4 is 10.6 Å². The van der Waals surface area contributed by atoms with Crippen molar-refractivity contribution >= 4 is 44.4 Å². The highest BCUT2D eigenvalue weighted by Gasteiger charge is 2.17. The Morgan fingerprint density at radius 3 is 2.37 bits per heavy atom. The van der Waals surface area contributed by atoms with Crippen molar-refractivity contribution < 1.29 is 18.0 Å². The third-order valence-electron chi connectivity index (χ3n) is 3.46. The summed E-state index contributed by atoms with van der Waals surface area (Å²) in [7, 11) is -3.31. The Bertz CT molecular complexity index is 1080. The van der Waals surface area contributed by atoms with Gasteiger partial charge in [-0.05, 0) is 35.7 Å². The Labute approximate surface area is 159 Å². The van der Waals surface area contributed by atoms with Crippen LogP contribution in [-0.2, 0) is 9.84 Å². The average Bonchev–Trinajstić information content (AvgIpc) is 3.10. The van der Waals surface area contributed by atoms with E-state index in [1.54, 1.807) is 11.4 Å². The molecule has 0 unspecified atom stereocenters. The summed E-state index contributed by atoms with van der Waals surface area (Å²) >= 11 is 1.16. The van der Waals surface area contributed by atoms with Gasteiger partial charge in [0.15, 0.2) is 9.84 Å². The Morgan fingerprint density at radius 1 is 1.00 bits per heavy atom. The van der Waals surface area contributed by atoms with Gasteiger partial charge in [-0.15, -0.1) is 11.3 Å². The Balaban J connectivity index is 1.73. The van der Waals surface area contributed by atoms with Crippen LogP contribution >= 0.6 is 11.3 Å². The maximum atomic E-state index is 12.5. The van der Waals surface area contributed by atoms with E-state index in [2.05, 4.69) is 20.6 Å². The molecule has 27 heavy (non-hydrogen) atoms. The van der Waals surface area contributed by atoms with Crippen molar-refractivity contribution in [1.82, 2.24) is 9.97 Å². The maximum Gasteiger partial charge on any atom is 0.275 e. The molecule has 0 atom stereocenters. The van der Waals surface area contributed by atoms with Gasteiger partial charge in [-0.1, -0.05) is 0 Å². The van der Waals surface area contributed by atoms with Crippen molar-refractivity contribution in [2.45, 2.75) is 4.90 Å². The van der Waals surface area contributed by atoms with Crippen molar-refractivity contribution in [3.63, 3.8) is 0 Å². The number of carbonyl (C=O) groups excluding carboxylic acids is 2. The second kappa shape index (κ2) is 7.64. The van der Waals surface area contributed by atoms with Crippen LogP contribution in [0.2, 0.25) is 0 Å². The zero-order chi connectivity index (χ0) is 19.4. The van der Waals surface area contributed by atoms with Gasteiger partial charge in [-0.3, -0.25) is 14.6 Å². The van der Waals surface area contributed by atoms with E-state index in [1.807, 2.05) is 0 Å². The minimum absolute atomic E-state index is 0.131. The lowest BCUT2D eigenvalue weighted by Crippen LogP contribution is -2.17. The number of rotatable bonds is 5. The smallest absolute Gasteiger partial charge is 0.275 e. The lowest BCUT2D eigenvalue weighted by atomic mass is 10.3. The van der Waals surface area contributed by atoms with E-state index in [0.717, 1.165) is 17.6 Å². The molecule has 0 aliphatic heterocycles. The summed E-state index contributed by atoms with van der Waals surface area (Å²) in [5.41, 5.74) is 0.916. The highest BCUT2D eigenvalue weighted by atomic mass is 32.2. The van der Waals surface area contributed by atoms with Crippen LogP contribution in [0.1, 0.15) is 20.2 Å². The minimum atomic E-state index is -3.31. The van der Waals surface area contributed by atoms with Crippen LogP contribution in [0.4, 0.5) is 11.4 Å². The summed E-state index contributed by atoms with van der Waals surface area (Å²) in [4.78, 5) is 32.9. The quantitative estimate of drug-likeness (QED) is 0.677. The number of hydrogen-bond acceptors (Lipinski definition) is 7. The SMILES string of the molecule is CS(=O)(=O)c1ccc(NC(=O)c2sccc2NC(=O)c2cnccn2)cc1. The van der Waals surface area contributed by atoms with E-state index in [1.165, 1.54) is 42.9 Å². The van der Waals surface area contributed by atoms with Gasteiger partial charge in [0.1, 0.15) is 10.6 Å². The standard InChI is InChI=1S/C17H14N4O4S2/c1-27(24,25)12-4-2-11(3-5-12)20-17(23)15-13(6-9-26-15)21-16(22)14-10-18-7-8-19-14/h2-10H,1H3,(H,20,23)(H,21,22). The van der Waals surface area contributed by atoms with Crippen molar-refractivity contribution in [1.29, 1.82) is 0 Å². The molecule has 1 aromatic carbocycles. The van der Waals surface area contributed by atoms with Crippen molar-refractivity contribution in [2.24, 2.45) is 0 Å². The summed E-state index contributed by atoms with van der Waals surface area (Å²) in [5.74, 6) is -0.903. The van der Waals surface area contributed by atoms with Gasteiger partial charge in [0.05, 0.1) is 16.8 Å². The fourth-order valence-electron chi connectivity index (χ4n) is 2.16. The van der Waals surface area contributed by atoms with Crippen LogP contribution in [0.3, 0.4) is 0 Å². The Kier molecular flexibility index (Phi) is 5.28. The summed E-state index contributed by atoms with van der Waals surface area (Å²) in [6.07, 6.45) is 5.29. The largest absolute Gasteiger partial charge is 0.321 e. The molecule has 0 saturated heterocycles. The molecule has 0 fully saturated rings. The first-order valence-electron chi connectivity index (χ1n) is 7.61. The summed E-state index contributed by atoms with van der Waals surface area (Å²) < 4.78 is 23.0. The number of amides is 2. The summed E-state index contributed by atoms with van der Waals surface area (Å²) in [6.45, 7) is 0. The number of nitrogens with one attached hydrogen (secondary N) is 2. The number of anilines is 2. The molecule has 138 valence electrons. The molecule has 8 nitrogen and oxygen atoms in total. The fourth-order valence-corrected chi connectivity index (χ4v) is 3.53. The minimum Gasteiger partial charge on any atom is -0.321 e. The number of sulfone groups is 1. The molecule has 2 aromatic heterocycles. The molecule has 0 bridgehead atoms. The zero-order valence-corrected chi connectivity index (χ0v) is 15.7. The first-order chi connectivity index (χ1) is 12.8. The lowest BCUT2D eigenvalue weighted by molar-refractivity contribution is 0.102. The molecule has 3 rings (SSSR count). The van der Waals surface area contributed by atoms with Crippen LogP contribution in [0.5, 0.6) is 0 Å². The molecule has 0 aliphatic carbocycles. The first kappa shape index (κ1) is 18.7. The topological polar surface area (TPSA) is 118 Å². The third-order valence-corrected chi connectivity index (χ3v) is 5.50. The number of hydrogen-bond donors (Lipinski definition) is 2. The van der Waals surface area contributed by atoms with Crippen molar-refractivity contribution in [2.75, 3.05) is 16.9 Å². The van der Waals surface area contributed by atoms with Crippen LogP contribution in [0.15, 0.2) is 59.2 Å². The molecule has 0 spiro atoms. The molecule has 0 radical (unpaired) electrons. The van der Waals surface area contributed by atoms with Crippen molar-refractivity contribution in [3.8, 4) is 0 Å². The van der Waals surface area contributed by atoms with Gasteiger partial charge < -0.3 is 10.6 Å². The summed E-state index contributed by atoms with van der Waals surface area (Å²) in [5, 5.41) is 6.98. The number of carbonyl (C=O) groups is 2. The summed E-state index contributed by atoms with van der Waals surface area (Å²) in [6, 6.07) is 7.44. The number of aromatic nitrogens is 2. The highest BCUT2D eigenvalue weighted by molar-refractivity contribution is 7.90. The van der Waals surface area contributed by atoms with Gasteiger partial charge in [-0.2, -0.15) is 0 Å². The van der Waals surface area contributed by atoms with E-state index in [0.29, 0.717) is 16.3 Å². The fraction of sp³-hybridized carbons (Fsp3) is 0.0588. The Morgan fingerprint density at radius 2 is 1.74 bits per heavy atom. The van der Waals surface area contributed by atoms with Crippen LogP contribution in [0.25, 0.3) is 0 Å². The molecule has 3 aromatic rings. The van der Waals surface area contributed by atoms with Crippen LogP contribution in [-0.4, -0.2) is 36.5 Å². The van der Waals surface area contributed by atoms with E-state index < -0.39 is 21.7 Å². The number of thiophene rings is 1.